The fraction of sp³-hybridized carbons (Fsp3) is 0.385. The standard InChI is InChI=1S/C13H15NO4/c1-10(15)12-8-17-9-14(12)13(16)18-7-11-5-3-2-4-6-11/h2-6,12H,7-9H2,1H3/t12-/m0/s1. The third kappa shape index (κ3) is 2.87. The highest BCUT2D eigenvalue weighted by atomic mass is 16.6. The maximum absolute atomic E-state index is 11.8. The van der Waals surface area contributed by atoms with Crippen LogP contribution in [0.4, 0.5) is 4.79 Å². The Bertz CT molecular complexity index is 432. The van der Waals surface area contributed by atoms with Gasteiger partial charge in [0.1, 0.15) is 19.4 Å². The van der Waals surface area contributed by atoms with Gasteiger partial charge in [0, 0.05) is 0 Å². The Balaban J connectivity index is 1.90. The molecular weight excluding hydrogens is 234 g/mol. The van der Waals surface area contributed by atoms with E-state index in [2.05, 4.69) is 0 Å². The third-order valence-corrected chi connectivity index (χ3v) is 2.79. The zero-order valence-corrected chi connectivity index (χ0v) is 10.2. The smallest absolute Gasteiger partial charge is 0.412 e. The van der Waals surface area contributed by atoms with Gasteiger partial charge in [-0.2, -0.15) is 0 Å². The van der Waals surface area contributed by atoms with Crippen molar-refractivity contribution in [1.29, 1.82) is 0 Å². The molecule has 5 heteroatoms. The second-order valence-corrected chi connectivity index (χ2v) is 4.14. The van der Waals surface area contributed by atoms with Crippen LogP contribution in [0.2, 0.25) is 0 Å². The van der Waals surface area contributed by atoms with Crippen LogP contribution in [-0.4, -0.2) is 36.2 Å². The maximum Gasteiger partial charge on any atom is 0.412 e. The van der Waals surface area contributed by atoms with E-state index in [0.29, 0.717) is 0 Å². The van der Waals surface area contributed by atoms with Crippen molar-refractivity contribution in [3.05, 3.63) is 35.9 Å². The molecule has 0 spiro atoms. The van der Waals surface area contributed by atoms with Crippen LogP contribution in [0.1, 0.15) is 12.5 Å². The molecule has 1 aromatic carbocycles. The highest BCUT2D eigenvalue weighted by Gasteiger charge is 2.33. The van der Waals surface area contributed by atoms with Gasteiger partial charge < -0.3 is 9.47 Å². The lowest BCUT2D eigenvalue weighted by molar-refractivity contribution is -0.120. The van der Waals surface area contributed by atoms with Crippen molar-refractivity contribution in [3.8, 4) is 0 Å². The summed E-state index contributed by atoms with van der Waals surface area (Å²) >= 11 is 0. The molecule has 1 heterocycles. The number of hydrogen-bond donors (Lipinski definition) is 0. The van der Waals surface area contributed by atoms with Crippen molar-refractivity contribution in [2.45, 2.75) is 19.6 Å². The summed E-state index contributed by atoms with van der Waals surface area (Å²) in [6, 6.07) is 8.87. The molecule has 1 saturated heterocycles. The Morgan fingerprint density at radius 1 is 1.39 bits per heavy atom. The van der Waals surface area contributed by atoms with Crippen molar-refractivity contribution < 1.29 is 19.1 Å². The van der Waals surface area contributed by atoms with Crippen LogP contribution in [0.25, 0.3) is 0 Å². The fourth-order valence-electron chi connectivity index (χ4n) is 1.76. The normalized spacial score (nSPS) is 18.7. The number of nitrogens with zero attached hydrogens (tertiary/aromatic N) is 1. The van der Waals surface area contributed by atoms with Gasteiger partial charge in [-0.25, -0.2) is 4.79 Å². The van der Waals surface area contributed by atoms with Gasteiger partial charge in [-0.05, 0) is 12.5 Å². The first-order valence-corrected chi connectivity index (χ1v) is 5.74. The first-order chi connectivity index (χ1) is 8.68. The predicted molar refractivity (Wildman–Crippen MR) is 63.8 cm³/mol. The molecule has 0 N–H and O–H groups in total. The molecule has 1 atom stereocenters. The molecule has 1 fully saturated rings. The molecule has 0 aliphatic carbocycles. The van der Waals surface area contributed by atoms with E-state index in [9.17, 15) is 9.59 Å². The van der Waals surface area contributed by atoms with Crippen LogP contribution < -0.4 is 0 Å². The lowest BCUT2D eigenvalue weighted by Crippen LogP contribution is -2.41. The highest BCUT2D eigenvalue weighted by Crippen LogP contribution is 2.13. The molecule has 1 aliphatic heterocycles. The number of benzene rings is 1. The second kappa shape index (κ2) is 5.64. The Morgan fingerprint density at radius 3 is 2.78 bits per heavy atom. The predicted octanol–water partition coefficient (Wildman–Crippen LogP) is 1.57. The van der Waals surface area contributed by atoms with Gasteiger partial charge in [0.05, 0.1) is 6.61 Å². The van der Waals surface area contributed by atoms with E-state index in [1.807, 2.05) is 30.3 Å². The zero-order chi connectivity index (χ0) is 13.0. The summed E-state index contributed by atoms with van der Waals surface area (Å²) in [5, 5.41) is 0. The summed E-state index contributed by atoms with van der Waals surface area (Å²) < 4.78 is 10.3. The maximum atomic E-state index is 11.8. The third-order valence-electron chi connectivity index (χ3n) is 2.79. The molecular formula is C13H15NO4. The van der Waals surface area contributed by atoms with Crippen molar-refractivity contribution in [1.82, 2.24) is 4.90 Å². The van der Waals surface area contributed by atoms with Crippen LogP contribution in [-0.2, 0) is 20.9 Å². The number of ether oxygens (including phenoxy) is 2. The number of carbonyl (C=O) groups excluding carboxylic acids is 2. The van der Waals surface area contributed by atoms with Crippen LogP contribution in [0.5, 0.6) is 0 Å². The average molecular weight is 249 g/mol. The lowest BCUT2D eigenvalue weighted by Gasteiger charge is -2.19. The van der Waals surface area contributed by atoms with Gasteiger partial charge >= 0.3 is 6.09 Å². The number of rotatable bonds is 3. The molecule has 0 bridgehead atoms. The Hall–Kier alpha value is -1.88. The molecule has 1 aromatic rings. The minimum atomic E-state index is -0.520. The largest absolute Gasteiger partial charge is 0.444 e. The number of Topliss-reactive ketones (excluding diaryl/α,β-unsaturated/α-hetero) is 1. The minimum Gasteiger partial charge on any atom is -0.444 e. The molecule has 0 unspecified atom stereocenters. The van der Waals surface area contributed by atoms with Gasteiger partial charge in [0.2, 0.25) is 0 Å². The van der Waals surface area contributed by atoms with Crippen molar-refractivity contribution in [3.63, 3.8) is 0 Å². The summed E-state index contributed by atoms with van der Waals surface area (Å²) in [7, 11) is 0. The zero-order valence-electron chi connectivity index (χ0n) is 10.2. The Labute approximate surface area is 105 Å². The molecule has 1 aliphatic rings. The molecule has 5 nitrogen and oxygen atoms in total. The van der Waals surface area contributed by atoms with Gasteiger partial charge in [-0.1, -0.05) is 30.3 Å². The van der Waals surface area contributed by atoms with Gasteiger partial charge in [-0.15, -0.1) is 0 Å². The van der Waals surface area contributed by atoms with E-state index in [1.54, 1.807) is 0 Å². The summed E-state index contributed by atoms with van der Waals surface area (Å²) in [5.74, 6) is -0.0934. The van der Waals surface area contributed by atoms with E-state index >= 15 is 0 Å². The number of ketones is 1. The number of amides is 1. The molecule has 96 valence electrons. The Morgan fingerprint density at radius 2 is 2.11 bits per heavy atom. The van der Waals surface area contributed by atoms with E-state index < -0.39 is 12.1 Å². The van der Waals surface area contributed by atoms with Gasteiger partial charge in [-0.3, -0.25) is 9.69 Å². The second-order valence-electron chi connectivity index (χ2n) is 4.14. The van der Waals surface area contributed by atoms with Crippen molar-refractivity contribution >= 4 is 11.9 Å². The van der Waals surface area contributed by atoms with Crippen LogP contribution in [0.15, 0.2) is 30.3 Å². The quantitative estimate of drug-likeness (QED) is 0.816. The fourth-order valence-corrected chi connectivity index (χ4v) is 1.76. The topological polar surface area (TPSA) is 55.8 Å². The number of hydrogen-bond acceptors (Lipinski definition) is 4. The van der Waals surface area contributed by atoms with E-state index in [4.69, 9.17) is 9.47 Å². The Kier molecular flexibility index (Phi) is 3.94. The van der Waals surface area contributed by atoms with Gasteiger partial charge in [0.15, 0.2) is 5.78 Å². The van der Waals surface area contributed by atoms with Crippen LogP contribution >= 0.6 is 0 Å². The van der Waals surface area contributed by atoms with E-state index in [0.717, 1.165) is 5.56 Å². The summed E-state index contributed by atoms with van der Waals surface area (Å²) in [6.45, 7) is 1.99. The molecule has 2 rings (SSSR count). The van der Waals surface area contributed by atoms with E-state index in [1.165, 1.54) is 11.8 Å². The first kappa shape index (κ1) is 12.6. The SMILES string of the molecule is CC(=O)[C@@H]1COCN1C(=O)OCc1ccccc1. The number of carbonyl (C=O) groups is 2. The molecule has 1 amide bonds. The summed E-state index contributed by atoms with van der Waals surface area (Å²) in [4.78, 5) is 24.4. The summed E-state index contributed by atoms with van der Waals surface area (Å²) in [6.07, 6.45) is -0.517. The molecule has 18 heavy (non-hydrogen) atoms. The molecule has 0 saturated carbocycles. The van der Waals surface area contributed by atoms with Gasteiger partial charge in [0.25, 0.3) is 0 Å². The average Bonchev–Trinajstić information content (AvgIpc) is 2.86. The molecule has 0 radical (unpaired) electrons. The summed E-state index contributed by atoms with van der Waals surface area (Å²) in [5.41, 5.74) is 0.908. The van der Waals surface area contributed by atoms with Crippen LogP contribution in [0, 0.1) is 0 Å². The minimum absolute atomic E-state index is 0.0934. The first-order valence-electron chi connectivity index (χ1n) is 5.74. The lowest BCUT2D eigenvalue weighted by atomic mass is 10.2. The molecule has 0 aromatic heterocycles. The highest BCUT2D eigenvalue weighted by molar-refractivity contribution is 5.85. The van der Waals surface area contributed by atoms with Crippen molar-refractivity contribution in [2.75, 3.05) is 13.3 Å². The van der Waals surface area contributed by atoms with E-state index in [-0.39, 0.29) is 25.7 Å². The van der Waals surface area contributed by atoms with Crippen molar-refractivity contribution in [2.24, 2.45) is 0 Å². The monoisotopic (exact) mass is 249 g/mol. The van der Waals surface area contributed by atoms with Crippen LogP contribution in [0.3, 0.4) is 0 Å².